The number of anilines is 6. The Hall–Kier alpha value is -11.9. The lowest BCUT2D eigenvalue weighted by Crippen LogP contribution is -2.25. The van der Waals surface area contributed by atoms with Crippen LogP contribution in [0.3, 0.4) is 0 Å². The summed E-state index contributed by atoms with van der Waals surface area (Å²) in [7, 11) is 0. The van der Waals surface area contributed by atoms with E-state index in [9.17, 15) is 0 Å². The second kappa shape index (κ2) is 19.5. The second-order valence-corrected chi connectivity index (χ2v) is 23.8. The molecule has 14 aromatic carbocycles. The molecule has 0 atom stereocenters. The van der Waals surface area contributed by atoms with Gasteiger partial charge in [-0.2, -0.15) is 0 Å². The van der Waals surface area contributed by atoms with Gasteiger partial charge in [-0.05, 0) is 145 Å². The summed E-state index contributed by atoms with van der Waals surface area (Å²) >= 11 is 0. The molecule has 0 N–H and O–H groups in total. The second-order valence-electron chi connectivity index (χ2n) is 23.8. The number of rotatable bonds is 9. The zero-order valence-corrected chi connectivity index (χ0v) is 48.6. The van der Waals surface area contributed by atoms with Crippen molar-refractivity contribution < 1.29 is 13.3 Å². The van der Waals surface area contributed by atoms with E-state index < -0.39 is 5.41 Å². The van der Waals surface area contributed by atoms with Crippen LogP contribution < -0.4 is 9.80 Å². The standard InChI is InChI=1S/C85H52N2O3/c1-3-20-53(21-4-1)55-40-44-58(45-41-55)86(75-36-18-30-67-65-26-10-15-38-77(65)88-83(67)75)60-50-57(51-61(52-60)87(59-46-42-56(43-47-59)54-22-5-2-6-23-54)76-37-19-31-68-66-27-11-16-39-78(66)89-84(68)76)62-29-17-32-70-81-79(90-82(62)70)49-48-74-80(81)69-28-9-14-35-73(69)85(74)71-33-12-7-24-63(71)64-25-8-13-34-72(64)85/h1-52H. The smallest absolute Gasteiger partial charge is 0.159 e. The molecule has 5 heteroatoms. The Morgan fingerprint density at radius 1 is 0.233 bits per heavy atom. The third kappa shape index (κ3) is 7.32. The lowest BCUT2D eigenvalue weighted by molar-refractivity contribution is 0.668. The SMILES string of the molecule is c1ccc(-c2ccc(N(c3cc(-c4cccc5c4oc4ccc6c(c45)-c4ccccc4C64c5ccccc5-c5ccccc54)cc(N(c4ccc(-c5ccccc5)cc4)c4cccc5c4oc4ccccc45)c3)c3cccc4c3oc3ccccc34)cc2)cc1. The number of para-hydroxylation sites is 5. The van der Waals surface area contributed by atoms with Gasteiger partial charge in [0, 0.05) is 60.6 Å². The van der Waals surface area contributed by atoms with E-state index in [0.29, 0.717) is 0 Å². The number of hydrogen-bond donors (Lipinski definition) is 0. The van der Waals surface area contributed by atoms with Crippen molar-refractivity contribution in [2.24, 2.45) is 0 Å². The molecular weight excluding hydrogens is 1100 g/mol. The highest BCUT2D eigenvalue weighted by Crippen LogP contribution is 2.64. The molecule has 17 aromatic rings. The largest absolute Gasteiger partial charge is 0.455 e. The fourth-order valence-corrected chi connectivity index (χ4v) is 15.2. The van der Waals surface area contributed by atoms with Gasteiger partial charge in [-0.15, -0.1) is 0 Å². The first-order valence-electron chi connectivity index (χ1n) is 30.8. The summed E-state index contributed by atoms with van der Waals surface area (Å²) < 4.78 is 21.5. The average Bonchev–Trinajstić information content (AvgIpc) is 1.51. The fraction of sp³-hybridized carbons (Fsp3) is 0.0118. The molecule has 2 aliphatic carbocycles. The Morgan fingerprint density at radius 2 is 0.644 bits per heavy atom. The highest BCUT2D eigenvalue weighted by Gasteiger charge is 2.52. The molecule has 0 saturated carbocycles. The van der Waals surface area contributed by atoms with Crippen molar-refractivity contribution in [3.8, 4) is 55.6 Å². The Labute approximate surface area is 518 Å². The minimum absolute atomic E-state index is 0.505. The number of benzene rings is 14. The van der Waals surface area contributed by atoms with E-state index >= 15 is 0 Å². The maximum absolute atomic E-state index is 7.44. The van der Waals surface area contributed by atoms with Gasteiger partial charge in [0.15, 0.2) is 11.2 Å². The number of furan rings is 3. The normalized spacial score (nSPS) is 12.8. The van der Waals surface area contributed by atoms with Crippen molar-refractivity contribution in [3.05, 3.63) is 338 Å². The van der Waals surface area contributed by atoms with Crippen LogP contribution in [0.25, 0.3) is 121 Å². The first-order chi connectivity index (χ1) is 44.6. The van der Waals surface area contributed by atoms with Gasteiger partial charge in [-0.1, -0.05) is 243 Å². The molecule has 90 heavy (non-hydrogen) atoms. The summed E-state index contributed by atoms with van der Waals surface area (Å²) in [6.07, 6.45) is 0. The van der Waals surface area contributed by atoms with E-state index in [1.807, 2.05) is 12.1 Å². The molecule has 1 spiro atoms. The molecule has 5 nitrogen and oxygen atoms in total. The summed E-state index contributed by atoms with van der Waals surface area (Å²) in [6.45, 7) is 0. The molecule has 420 valence electrons. The first kappa shape index (κ1) is 50.3. The van der Waals surface area contributed by atoms with E-state index in [1.54, 1.807) is 0 Å². The fourth-order valence-electron chi connectivity index (χ4n) is 15.2. The van der Waals surface area contributed by atoms with Crippen LogP contribution in [0.2, 0.25) is 0 Å². The van der Waals surface area contributed by atoms with Crippen LogP contribution in [0, 0.1) is 0 Å². The zero-order valence-electron chi connectivity index (χ0n) is 48.6. The van der Waals surface area contributed by atoms with Crippen LogP contribution >= 0.6 is 0 Å². The van der Waals surface area contributed by atoms with E-state index in [-0.39, 0.29) is 0 Å². The topological polar surface area (TPSA) is 45.9 Å². The molecule has 2 aliphatic rings. The first-order valence-corrected chi connectivity index (χ1v) is 30.8. The van der Waals surface area contributed by atoms with Gasteiger partial charge < -0.3 is 23.1 Å². The van der Waals surface area contributed by atoms with Crippen molar-refractivity contribution in [3.63, 3.8) is 0 Å². The summed E-state index contributed by atoms with van der Waals surface area (Å²) in [4.78, 5) is 4.73. The molecule has 0 amide bonds. The lowest BCUT2D eigenvalue weighted by Gasteiger charge is -2.30. The third-order valence-corrected chi connectivity index (χ3v) is 19.1. The Kier molecular flexibility index (Phi) is 10.9. The minimum Gasteiger partial charge on any atom is -0.455 e. The van der Waals surface area contributed by atoms with Gasteiger partial charge in [-0.25, -0.2) is 0 Å². The summed E-state index contributed by atoms with van der Waals surface area (Å²) in [5.41, 5.74) is 26.6. The van der Waals surface area contributed by atoms with Gasteiger partial charge in [0.2, 0.25) is 0 Å². The lowest BCUT2D eigenvalue weighted by atomic mass is 9.70. The molecule has 19 rings (SSSR count). The highest BCUT2D eigenvalue weighted by atomic mass is 16.3. The summed E-state index contributed by atoms with van der Waals surface area (Å²) in [5, 5.41) is 6.36. The monoisotopic (exact) mass is 1150 g/mol. The Morgan fingerprint density at radius 3 is 1.19 bits per heavy atom. The molecule has 3 aromatic heterocycles. The Bertz CT molecular complexity index is 5470. The predicted octanol–water partition coefficient (Wildman–Crippen LogP) is 23.7. The van der Waals surface area contributed by atoms with Crippen LogP contribution in [0.4, 0.5) is 34.1 Å². The van der Waals surface area contributed by atoms with Crippen molar-refractivity contribution in [2.45, 2.75) is 5.41 Å². The van der Waals surface area contributed by atoms with Crippen LogP contribution in [-0.2, 0) is 5.41 Å². The van der Waals surface area contributed by atoms with Crippen LogP contribution in [0.1, 0.15) is 22.3 Å². The van der Waals surface area contributed by atoms with Crippen LogP contribution in [0.15, 0.2) is 329 Å². The van der Waals surface area contributed by atoms with Gasteiger partial charge in [0.25, 0.3) is 0 Å². The molecule has 0 radical (unpaired) electrons. The molecular formula is C85H52N2O3. The van der Waals surface area contributed by atoms with E-state index in [1.165, 1.54) is 44.5 Å². The molecule has 0 bridgehead atoms. The van der Waals surface area contributed by atoms with Gasteiger partial charge in [-0.3, -0.25) is 0 Å². The van der Waals surface area contributed by atoms with E-state index in [0.717, 1.165) is 133 Å². The van der Waals surface area contributed by atoms with Crippen molar-refractivity contribution in [1.82, 2.24) is 0 Å². The Balaban J connectivity index is 0.895. The minimum atomic E-state index is -0.505. The number of nitrogens with zero attached hydrogens (tertiary/aromatic N) is 2. The summed E-state index contributed by atoms with van der Waals surface area (Å²) in [5.74, 6) is 0. The van der Waals surface area contributed by atoms with Crippen molar-refractivity contribution in [2.75, 3.05) is 9.80 Å². The molecule has 0 saturated heterocycles. The van der Waals surface area contributed by atoms with E-state index in [2.05, 4.69) is 313 Å². The maximum atomic E-state index is 7.44. The average molecular weight is 1150 g/mol. The molecule has 0 fully saturated rings. The van der Waals surface area contributed by atoms with Crippen LogP contribution in [0.5, 0.6) is 0 Å². The quantitative estimate of drug-likeness (QED) is 0.144. The zero-order chi connectivity index (χ0) is 59.0. The van der Waals surface area contributed by atoms with Crippen LogP contribution in [-0.4, -0.2) is 0 Å². The third-order valence-electron chi connectivity index (χ3n) is 19.1. The van der Waals surface area contributed by atoms with Gasteiger partial charge in [0.05, 0.1) is 16.8 Å². The highest BCUT2D eigenvalue weighted by molar-refractivity contribution is 6.19. The predicted molar refractivity (Wildman–Crippen MR) is 370 cm³/mol. The van der Waals surface area contributed by atoms with Gasteiger partial charge in [0.1, 0.15) is 22.3 Å². The number of hydrogen-bond acceptors (Lipinski definition) is 5. The van der Waals surface area contributed by atoms with Crippen molar-refractivity contribution in [1.29, 1.82) is 0 Å². The number of fused-ring (bicyclic) bond motifs is 20. The maximum Gasteiger partial charge on any atom is 0.159 e. The summed E-state index contributed by atoms with van der Waals surface area (Å²) in [6, 6.07) is 114. The molecule has 0 aliphatic heterocycles. The molecule has 3 heterocycles. The van der Waals surface area contributed by atoms with Crippen molar-refractivity contribution >= 4 is 99.9 Å². The van der Waals surface area contributed by atoms with E-state index in [4.69, 9.17) is 13.3 Å². The molecule has 0 unspecified atom stereocenters. The van der Waals surface area contributed by atoms with Gasteiger partial charge >= 0.3 is 0 Å².